The first-order valence-corrected chi connectivity index (χ1v) is 9.70. The van der Waals surface area contributed by atoms with Crippen molar-refractivity contribution in [2.24, 2.45) is 0 Å². The first-order valence-electron chi connectivity index (χ1n) is 9.70. The van der Waals surface area contributed by atoms with Crippen LogP contribution in [0.15, 0.2) is 46.6 Å². The first-order chi connectivity index (χ1) is 12.1. The zero-order chi connectivity index (χ0) is 20.2. The molecule has 0 rings (SSSR count). The predicted octanol–water partition coefficient (Wildman–Crippen LogP) is 5.24. The monoisotopic (exact) mass is 364 g/mol. The van der Waals surface area contributed by atoms with Crippen molar-refractivity contribution in [3.63, 3.8) is 0 Å². The van der Waals surface area contributed by atoms with Gasteiger partial charge in [0.05, 0.1) is 12.2 Å². The summed E-state index contributed by atoms with van der Waals surface area (Å²) in [6.07, 6.45) is 11.8. The maximum absolute atomic E-state index is 10.9. The Morgan fingerprint density at radius 3 is 1.46 bits per heavy atom. The van der Waals surface area contributed by atoms with Crippen LogP contribution in [0.3, 0.4) is 0 Å². The van der Waals surface area contributed by atoms with Crippen LogP contribution in [0.5, 0.6) is 0 Å². The lowest BCUT2D eigenvalue weighted by Crippen LogP contribution is -2.44. The van der Waals surface area contributed by atoms with E-state index in [1.807, 2.05) is 26.0 Å². The minimum Gasteiger partial charge on any atom is -0.394 e. The van der Waals surface area contributed by atoms with Crippen LogP contribution in [0.4, 0.5) is 0 Å². The van der Waals surface area contributed by atoms with Crippen molar-refractivity contribution in [2.45, 2.75) is 91.8 Å². The van der Waals surface area contributed by atoms with Crippen molar-refractivity contribution >= 4 is 0 Å². The van der Waals surface area contributed by atoms with Gasteiger partial charge < -0.3 is 15.3 Å². The van der Waals surface area contributed by atoms with Crippen molar-refractivity contribution < 1.29 is 15.3 Å². The molecule has 26 heavy (non-hydrogen) atoms. The van der Waals surface area contributed by atoms with E-state index >= 15 is 0 Å². The number of hydrogen-bond acceptors (Lipinski definition) is 3. The summed E-state index contributed by atoms with van der Waals surface area (Å²) in [6, 6.07) is 0. The lowest BCUT2D eigenvalue weighted by atomic mass is 9.87. The third kappa shape index (κ3) is 11.5. The van der Waals surface area contributed by atoms with Gasteiger partial charge in [-0.1, -0.05) is 46.6 Å². The van der Waals surface area contributed by atoms with Crippen molar-refractivity contribution in [1.29, 1.82) is 0 Å². The Morgan fingerprint density at radius 2 is 1.15 bits per heavy atom. The Balaban J connectivity index is 4.88. The molecule has 0 aromatic heterocycles. The van der Waals surface area contributed by atoms with E-state index in [2.05, 4.69) is 39.8 Å². The van der Waals surface area contributed by atoms with Crippen LogP contribution < -0.4 is 0 Å². The van der Waals surface area contributed by atoms with Crippen molar-refractivity contribution in [1.82, 2.24) is 0 Å². The highest BCUT2D eigenvalue weighted by molar-refractivity contribution is 5.09. The minimum absolute atomic E-state index is 0.340. The molecule has 0 aliphatic heterocycles. The van der Waals surface area contributed by atoms with Gasteiger partial charge in [-0.25, -0.2) is 0 Å². The Morgan fingerprint density at radius 1 is 0.769 bits per heavy atom. The fourth-order valence-corrected chi connectivity index (χ4v) is 2.61. The summed E-state index contributed by atoms with van der Waals surface area (Å²) in [5, 5.41) is 30.3. The molecule has 0 saturated carbocycles. The largest absolute Gasteiger partial charge is 0.394 e. The summed E-state index contributed by atoms with van der Waals surface area (Å²) in [5.41, 5.74) is 3.66. The van der Waals surface area contributed by atoms with Gasteiger partial charge in [0.25, 0.3) is 0 Å². The Labute approximate surface area is 160 Å². The van der Waals surface area contributed by atoms with E-state index in [4.69, 9.17) is 0 Å². The fraction of sp³-hybridized carbons (Fsp3) is 0.652. The Kier molecular flexibility index (Phi) is 12.5. The molecule has 0 radical (unpaired) electrons. The first kappa shape index (κ1) is 24.8. The number of aliphatic hydroxyl groups is 3. The van der Waals surface area contributed by atoms with Crippen LogP contribution in [0, 0.1) is 0 Å². The fourth-order valence-electron chi connectivity index (χ4n) is 2.61. The normalized spacial score (nSPS) is 16.0. The Hall–Kier alpha value is -1.16. The second-order valence-corrected chi connectivity index (χ2v) is 7.95. The van der Waals surface area contributed by atoms with Crippen LogP contribution in [0.2, 0.25) is 0 Å². The molecule has 0 aliphatic carbocycles. The molecule has 1 unspecified atom stereocenters. The number of allylic oxidation sites excluding steroid dienone is 6. The highest BCUT2D eigenvalue weighted by atomic mass is 16.4. The van der Waals surface area contributed by atoms with Gasteiger partial charge in [0.2, 0.25) is 0 Å². The van der Waals surface area contributed by atoms with Gasteiger partial charge in [0.15, 0.2) is 0 Å². The second-order valence-electron chi connectivity index (χ2n) is 7.95. The molecule has 1 atom stereocenters. The standard InChI is InChI=1S/C23H40O3/c1-18(2)9-7-11-20(5)13-15-23(26,22(25)17-24)16-14-21(6)12-8-10-19(3)4/h9-10,13-14,22,24-26H,7-8,11-12,15-17H2,1-6H3. The maximum Gasteiger partial charge on any atom is 0.106 e. The van der Waals surface area contributed by atoms with Gasteiger partial charge in [0.1, 0.15) is 6.10 Å². The summed E-state index contributed by atoms with van der Waals surface area (Å²) < 4.78 is 0. The molecule has 0 aliphatic rings. The van der Waals surface area contributed by atoms with E-state index in [0.29, 0.717) is 12.8 Å². The molecule has 0 saturated heterocycles. The van der Waals surface area contributed by atoms with Gasteiger partial charge in [-0.2, -0.15) is 0 Å². The number of rotatable bonds is 12. The van der Waals surface area contributed by atoms with E-state index in [0.717, 1.165) is 25.7 Å². The average Bonchev–Trinajstić information content (AvgIpc) is 2.56. The van der Waals surface area contributed by atoms with Crippen molar-refractivity contribution in [2.75, 3.05) is 6.61 Å². The van der Waals surface area contributed by atoms with Gasteiger partial charge in [-0.05, 0) is 80.1 Å². The maximum atomic E-state index is 10.9. The molecule has 0 heterocycles. The van der Waals surface area contributed by atoms with Gasteiger partial charge in [-0.15, -0.1) is 0 Å². The van der Waals surface area contributed by atoms with Crippen LogP contribution in [0.25, 0.3) is 0 Å². The molecule has 3 nitrogen and oxygen atoms in total. The SMILES string of the molecule is CC(C)=CCCC(C)=CCC(O)(CC=C(C)CCC=C(C)C)C(O)CO. The average molecular weight is 365 g/mol. The summed E-state index contributed by atoms with van der Waals surface area (Å²) in [4.78, 5) is 0. The summed E-state index contributed by atoms with van der Waals surface area (Å²) in [5.74, 6) is 0. The zero-order valence-electron chi connectivity index (χ0n) is 17.7. The lowest BCUT2D eigenvalue weighted by Gasteiger charge is -2.30. The van der Waals surface area contributed by atoms with Gasteiger partial charge >= 0.3 is 0 Å². The molecule has 0 bridgehead atoms. The molecule has 150 valence electrons. The lowest BCUT2D eigenvalue weighted by molar-refractivity contribution is -0.0908. The number of hydrogen-bond donors (Lipinski definition) is 3. The smallest absolute Gasteiger partial charge is 0.106 e. The molecular weight excluding hydrogens is 324 g/mol. The van der Waals surface area contributed by atoms with Crippen LogP contribution in [-0.2, 0) is 0 Å². The van der Waals surface area contributed by atoms with E-state index in [1.165, 1.54) is 22.3 Å². The summed E-state index contributed by atoms with van der Waals surface area (Å²) in [6.45, 7) is 12.0. The van der Waals surface area contributed by atoms with E-state index in [1.54, 1.807) is 0 Å². The number of aliphatic hydroxyl groups excluding tert-OH is 2. The minimum atomic E-state index is -1.33. The third-order valence-electron chi connectivity index (χ3n) is 4.58. The molecule has 0 aromatic rings. The highest BCUT2D eigenvalue weighted by Crippen LogP contribution is 2.25. The van der Waals surface area contributed by atoms with E-state index < -0.39 is 18.3 Å². The van der Waals surface area contributed by atoms with Crippen LogP contribution in [-0.4, -0.2) is 33.6 Å². The molecule has 0 aromatic carbocycles. The molecule has 0 amide bonds. The van der Waals surface area contributed by atoms with Gasteiger partial charge in [0, 0.05) is 0 Å². The van der Waals surface area contributed by atoms with Crippen LogP contribution >= 0.6 is 0 Å². The van der Waals surface area contributed by atoms with E-state index in [9.17, 15) is 15.3 Å². The molecule has 3 heteroatoms. The molecule has 3 N–H and O–H groups in total. The molecular formula is C23H40O3. The predicted molar refractivity (Wildman–Crippen MR) is 112 cm³/mol. The highest BCUT2D eigenvalue weighted by Gasteiger charge is 2.33. The van der Waals surface area contributed by atoms with Gasteiger partial charge in [-0.3, -0.25) is 0 Å². The molecule has 0 spiro atoms. The molecule has 0 fully saturated rings. The quantitative estimate of drug-likeness (QED) is 0.415. The summed E-state index contributed by atoms with van der Waals surface area (Å²) in [7, 11) is 0. The van der Waals surface area contributed by atoms with Crippen LogP contribution in [0.1, 0.15) is 80.1 Å². The third-order valence-corrected chi connectivity index (χ3v) is 4.58. The van der Waals surface area contributed by atoms with E-state index in [-0.39, 0.29) is 0 Å². The summed E-state index contributed by atoms with van der Waals surface area (Å²) >= 11 is 0. The van der Waals surface area contributed by atoms with Crippen molar-refractivity contribution in [3.8, 4) is 0 Å². The zero-order valence-corrected chi connectivity index (χ0v) is 17.7. The van der Waals surface area contributed by atoms with Crippen molar-refractivity contribution in [3.05, 3.63) is 46.6 Å². The Bertz CT molecular complexity index is 476. The second kappa shape index (κ2) is 13.1. The topological polar surface area (TPSA) is 60.7 Å².